The summed E-state index contributed by atoms with van der Waals surface area (Å²) in [6.07, 6.45) is 1.07. The predicted molar refractivity (Wildman–Crippen MR) is 70.8 cm³/mol. The minimum Gasteiger partial charge on any atom is -0.299 e. The van der Waals surface area contributed by atoms with Gasteiger partial charge in [-0.1, -0.05) is 46.6 Å². The van der Waals surface area contributed by atoms with E-state index in [0.717, 1.165) is 24.8 Å². The van der Waals surface area contributed by atoms with E-state index in [1.807, 2.05) is 0 Å². The Morgan fingerprint density at radius 2 is 2.19 bits per heavy atom. The summed E-state index contributed by atoms with van der Waals surface area (Å²) in [4.78, 5) is 2.20. The Balaban J connectivity index is 2.66. The molecule has 0 amide bonds. The Morgan fingerprint density at radius 1 is 1.44 bits per heavy atom. The molecule has 90 valence electrons. The third-order valence-electron chi connectivity index (χ3n) is 2.48. The molecule has 0 aliphatic heterocycles. The molecule has 0 fully saturated rings. The Bertz CT molecular complexity index is 333. The normalized spacial score (nSPS) is 11.1. The van der Waals surface area contributed by atoms with Crippen LogP contribution in [-0.4, -0.2) is 23.3 Å². The number of alkyl halides is 1. The molecular formula is C12H16BrClFN. The molecule has 0 aliphatic carbocycles. The summed E-state index contributed by atoms with van der Waals surface area (Å²) in [5.41, 5.74) is 0.670. The molecule has 1 aromatic rings. The van der Waals surface area contributed by atoms with Gasteiger partial charge in [-0.3, -0.25) is 4.90 Å². The average molecular weight is 309 g/mol. The lowest BCUT2D eigenvalue weighted by molar-refractivity contribution is 0.277. The maximum atomic E-state index is 13.7. The number of rotatable bonds is 6. The molecule has 0 radical (unpaired) electrons. The molecule has 0 unspecified atom stereocenters. The van der Waals surface area contributed by atoms with E-state index >= 15 is 0 Å². The predicted octanol–water partition coefficient (Wildman–Crippen LogP) is 4.09. The first kappa shape index (κ1) is 13.9. The highest BCUT2D eigenvalue weighted by molar-refractivity contribution is 9.09. The van der Waals surface area contributed by atoms with Gasteiger partial charge in [-0.15, -0.1) is 0 Å². The zero-order valence-corrected chi connectivity index (χ0v) is 11.7. The highest BCUT2D eigenvalue weighted by Crippen LogP contribution is 2.19. The van der Waals surface area contributed by atoms with Crippen molar-refractivity contribution in [3.8, 4) is 0 Å². The Kier molecular flexibility index (Phi) is 6.32. The molecule has 0 saturated heterocycles. The Morgan fingerprint density at radius 3 is 2.81 bits per heavy atom. The summed E-state index contributed by atoms with van der Waals surface area (Å²) in [5, 5.41) is 1.18. The van der Waals surface area contributed by atoms with Gasteiger partial charge in [0.2, 0.25) is 0 Å². The highest BCUT2D eigenvalue weighted by Gasteiger charge is 2.09. The van der Waals surface area contributed by atoms with Crippen molar-refractivity contribution >= 4 is 27.5 Å². The molecule has 0 bridgehead atoms. The first-order valence-corrected chi connectivity index (χ1v) is 6.90. The zero-order chi connectivity index (χ0) is 12.0. The van der Waals surface area contributed by atoms with Crippen LogP contribution in [0.15, 0.2) is 18.2 Å². The molecule has 0 atom stereocenters. The molecule has 1 nitrogen and oxygen atoms in total. The smallest absolute Gasteiger partial charge is 0.146 e. The summed E-state index contributed by atoms with van der Waals surface area (Å²) < 4.78 is 13.7. The van der Waals surface area contributed by atoms with Gasteiger partial charge >= 0.3 is 0 Å². The summed E-state index contributed by atoms with van der Waals surface area (Å²) in [6.45, 7) is 4.58. The lowest BCUT2D eigenvalue weighted by Gasteiger charge is -2.20. The van der Waals surface area contributed by atoms with Gasteiger partial charge in [-0.2, -0.15) is 0 Å². The number of halogens is 3. The van der Waals surface area contributed by atoms with Crippen LogP contribution < -0.4 is 0 Å². The van der Waals surface area contributed by atoms with Crippen molar-refractivity contribution in [2.45, 2.75) is 19.9 Å². The minimum absolute atomic E-state index is 0.203. The van der Waals surface area contributed by atoms with Gasteiger partial charge in [0.15, 0.2) is 0 Å². The number of hydrogen-bond acceptors (Lipinski definition) is 1. The second-order valence-electron chi connectivity index (χ2n) is 3.62. The van der Waals surface area contributed by atoms with E-state index < -0.39 is 0 Å². The van der Waals surface area contributed by atoms with Crippen molar-refractivity contribution in [3.05, 3.63) is 34.6 Å². The molecule has 4 heteroatoms. The molecule has 0 aliphatic rings. The quantitative estimate of drug-likeness (QED) is 0.716. The van der Waals surface area contributed by atoms with Crippen molar-refractivity contribution in [1.82, 2.24) is 4.90 Å². The molecule has 16 heavy (non-hydrogen) atoms. The molecule has 1 rings (SSSR count). The summed E-state index contributed by atoms with van der Waals surface area (Å²) in [6, 6.07) is 5.16. The first-order chi connectivity index (χ1) is 7.69. The average Bonchev–Trinajstić information content (AvgIpc) is 2.30. The SMILES string of the molecule is CCN(CCCBr)Cc1cccc(Cl)c1F. The van der Waals surface area contributed by atoms with Crippen LogP contribution >= 0.6 is 27.5 Å². The molecule has 0 N–H and O–H groups in total. The molecule has 0 spiro atoms. The lowest BCUT2D eigenvalue weighted by atomic mass is 10.2. The van der Waals surface area contributed by atoms with E-state index in [1.165, 1.54) is 0 Å². The highest BCUT2D eigenvalue weighted by atomic mass is 79.9. The molecule has 0 aromatic heterocycles. The first-order valence-electron chi connectivity index (χ1n) is 5.40. The van der Waals surface area contributed by atoms with Crippen LogP contribution in [0, 0.1) is 5.82 Å². The third kappa shape index (κ3) is 4.04. The fourth-order valence-corrected chi connectivity index (χ4v) is 1.99. The summed E-state index contributed by atoms with van der Waals surface area (Å²) in [7, 11) is 0. The van der Waals surface area contributed by atoms with Crippen LogP contribution in [0.1, 0.15) is 18.9 Å². The molecule has 1 aromatic carbocycles. The van der Waals surface area contributed by atoms with E-state index in [4.69, 9.17) is 11.6 Å². The van der Waals surface area contributed by atoms with Gasteiger partial charge in [-0.05, 0) is 25.6 Å². The van der Waals surface area contributed by atoms with E-state index in [1.54, 1.807) is 18.2 Å². The largest absolute Gasteiger partial charge is 0.299 e. The van der Waals surface area contributed by atoms with Gasteiger partial charge in [0, 0.05) is 17.4 Å². The minimum atomic E-state index is -0.290. The zero-order valence-electron chi connectivity index (χ0n) is 9.35. The topological polar surface area (TPSA) is 3.24 Å². The summed E-state index contributed by atoms with van der Waals surface area (Å²) in [5.74, 6) is -0.290. The van der Waals surface area contributed by atoms with Crippen LogP contribution in [0.5, 0.6) is 0 Å². The van der Waals surface area contributed by atoms with Crippen LogP contribution in [0.2, 0.25) is 5.02 Å². The molecule has 0 saturated carbocycles. The van der Waals surface area contributed by atoms with Crippen molar-refractivity contribution in [1.29, 1.82) is 0 Å². The number of benzene rings is 1. The number of nitrogens with zero attached hydrogens (tertiary/aromatic N) is 1. The van der Waals surface area contributed by atoms with Crippen molar-refractivity contribution in [2.24, 2.45) is 0 Å². The van der Waals surface area contributed by atoms with E-state index in [0.29, 0.717) is 12.1 Å². The van der Waals surface area contributed by atoms with Gasteiger partial charge in [0.1, 0.15) is 5.82 Å². The van der Waals surface area contributed by atoms with Gasteiger partial charge in [0.05, 0.1) is 5.02 Å². The van der Waals surface area contributed by atoms with E-state index in [-0.39, 0.29) is 10.8 Å². The second kappa shape index (κ2) is 7.25. The van der Waals surface area contributed by atoms with E-state index in [9.17, 15) is 4.39 Å². The van der Waals surface area contributed by atoms with Gasteiger partial charge < -0.3 is 0 Å². The van der Waals surface area contributed by atoms with Crippen molar-refractivity contribution < 1.29 is 4.39 Å². The van der Waals surface area contributed by atoms with Gasteiger partial charge in [-0.25, -0.2) is 4.39 Å². The van der Waals surface area contributed by atoms with Crippen molar-refractivity contribution in [3.63, 3.8) is 0 Å². The monoisotopic (exact) mass is 307 g/mol. The summed E-state index contributed by atoms with van der Waals surface area (Å²) >= 11 is 9.14. The fourth-order valence-electron chi connectivity index (χ4n) is 1.54. The van der Waals surface area contributed by atoms with Gasteiger partial charge in [0.25, 0.3) is 0 Å². The number of hydrogen-bond donors (Lipinski definition) is 0. The second-order valence-corrected chi connectivity index (χ2v) is 4.82. The lowest BCUT2D eigenvalue weighted by Crippen LogP contribution is -2.24. The van der Waals surface area contributed by atoms with Crippen LogP contribution in [0.3, 0.4) is 0 Å². The van der Waals surface area contributed by atoms with Crippen LogP contribution in [0.25, 0.3) is 0 Å². The van der Waals surface area contributed by atoms with Crippen molar-refractivity contribution in [2.75, 3.05) is 18.4 Å². The molecule has 0 heterocycles. The molecular weight excluding hydrogens is 292 g/mol. The Labute approximate surface area is 110 Å². The maximum Gasteiger partial charge on any atom is 0.146 e. The third-order valence-corrected chi connectivity index (χ3v) is 3.33. The van der Waals surface area contributed by atoms with E-state index in [2.05, 4.69) is 27.8 Å². The Hall–Kier alpha value is -0.120. The van der Waals surface area contributed by atoms with Crippen LogP contribution in [-0.2, 0) is 6.54 Å². The maximum absolute atomic E-state index is 13.7. The van der Waals surface area contributed by atoms with Crippen LogP contribution in [0.4, 0.5) is 4.39 Å². The standard InChI is InChI=1S/C12H16BrClFN/c1-2-16(8-4-7-13)9-10-5-3-6-11(14)12(10)15/h3,5-6H,2,4,7-9H2,1H3. The fraction of sp³-hybridized carbons (Fsp3) is 0.500.